The van der Waals surface area contributed by atoms with Gasteiger partial charge in [-0.1, -0.05) is 12.1 Å². The average molecular weight is 259 g/mol. The summed E-state index contributed by atoms with van der Waals surface area (Å²) in [6.45, 7) is 4.68. The van der Waals surface area contributed by atoms with Crippen molar-refractivity contribution in [3.63, 3.8) is 0 Å². The molecule has 0 aliphatic heterocycles. The Labute approximate surface area is 114 Å². The Hall–Kier alpha value is -1.81. The molecule has 0 saturated carbocycles. The molecule has 0 saturated heterocycles. The Bertz CT molecular complexity index is 546. The summed E-state index contributed by atoms with van der Waals surface area (Å²) in [5, 5.41) is 4.14. The summed E-state index contributed by atoms with van der Waals surface area (Å²) in [5.41, 5.74) is 9.29. The molecule has 2 rings (SSSR count). The second-order valence-corrected chi connectivity index (χ2v) is 4.86. The predicted molar refractivity (Wildman–Crippen MR) is 76.2 cm³/mol. The third kappa shape index (κ3) is 3.35. The van der Waals surface area contributed by atoms with Gasteiger partial charge in [-0.25, -0.2) is 0 Å². The summed E-state index contributed by atoms with van der Waals surface area (Å²) in [4.78, 5) is 0. The fraction of sp³-hybridized carbons (Fsp3) is 0.400. The number of aromatic nitrogens is 2. The minimum atomic E-state index is 0.0576. The van der Waals surface area contributed by atoms with E-state index in [1.54, 1.807) is 6.20 Å². The summed E-state index contributed by atoms with van der Waals surface area (Å²) in [5.74, 6) is 0.923. The molecule has 2 aromatic rings. The van der Waals surface area contributed by atoms with Gasteiger partial charge in [0.1, 0.15) is 5.75 Å². The first-order chi connectivity index (χ1) is 9.08. The van der Waals surface area contributed by atoms with E-state index in [-0.39, 0.29) is 6.04 Å². The topological polar surface area (TPSA) is 53.1 Å². The van der Waals surface area contributed by atoms with Crippen molar-refractivity contribution in [2.45, 2.75) is 26.3 Å². The summed E-state index contributed by atoms with van der Waals surface area (Å²) in [6, 6.07) is 8.18. The van der Waals surface area contributed by atoms with Crippen molar-refractivity contribution in [2.24, 2.45) is 12.8 Å². The molecule has 4 heteroatoms. The molecule has 1 aromatic heterocycles. The molecule has 0 fully saturated rings. The minimum absolute atomic E-state index is 0.0576. The number of nitrogens with zero attached hydrogens (tertiary/aromatic N) is 2. The highest BCUT2D eigenvalue weighted by Gasteiger charge is 2.05. The van der Waals surface area contributed by atoms with Crippen molar-refractivity contribution in [2.75, 3.05) is 6.61 Å². The van der Waals surface area contributed by atoms with Gasteiger partial charge in [-0.15, -0.1) is 0 Å². The molecule has 1 atom stereocenters. The normalized spacial score (nSPS) is 12.4. The molecule has 0 aliphatic rings. The van der Waals surface area contributed by atoms with E-state index in [0.29, 0.717) is 6.61 Å². The quantitative estimate of drug-likeness (QED) is 0.897. The molecule has 102 valence electrons. The third-order valence-electron chi connectivity index (χ3n) is 3.26. The standard InChI is InChI=1S/C15H21N3O/c1-11-10-13(12(2)16)4-5-15(11)19-9-7-14-6-8-17-18(14)3/h4-6,8,10,12H,7,9,16H2,1-3H3/t12-/m1/s1. The predicted octanol–water partition coefficient (Wildman–Crippen LogP) is 2.37. The van der Waals surface area contributed by atoms with Gasteiger partial charge < -0.3 is 10.5 Å². The Balaban J connectivity index is 1.95. The lowest BCUT2D eigenvalue weighted by atomic mass is 10.1. The maximum Gasteiger partial charge on any atom is 0.122 e. The van der Waals surface area contributed by atoms with E-state index in [4.69, 9.17) is 10.5 Å². The molecular weight excluding hydrogens is 238 g/mol. The van der Waals surface area contributed by atoms with E-state index in [1.807, 2.05) is 43.8 Å². The van der Waals surface area contributed by atoms with Crippen molar-refractivity contribution >= 4 is 0 Å². The van der Waals surface area contributed by atoms with Crippen LogP contribution < -0.4 is 10.5 Å². The number of hydrogen-bond acceptors (Lipinski definition) is 3. The summed E-state index contributed by atoms with van der Waals surface area (Å²) in [6.07, 6.45) is 2.66. The fourth-order valence-electron chi connectivity index (χ4n) is 2.03. The smallest absolute Gasteiger partial charge is 0.122 e. The van der Waals surface area contributed by atoms with Gasteiger partial charge in [0.2, 0.25) is 0 Å². The number of nitrogens with two attached hydrogens (primary N) is 1. The van der Waals surface area contributed by atoms with E-state index in [2.05, 4.69) is 11.2 Å². The SMILES string of the molecule is Cc1cc([C@@H](C)N)ccc1OCCc1ccnn1C. The van der Waals surface area contributed by atoms with Gasteiger partial charge in [-0.2, -0.15) is 5.10 Å². The van der Waals surface area contributed by atoms with Crippen molar-refractivity contribution < 1.29 is 4.74 Å². The Morgan fingerprint density at radius 1 is 1.37 bits per heavy atom. The largest absolute Gasteiger partial charge is 0.493 e. The van der Waals surface area contributed by atoms with Gasteiger partial charge in [-0.3, -0.25) is 4.68 Å². The molecule has 0 spiro atoms. The Morgan fingerprint density at radius 3 is 2.74 bits per heavy atom. The zero-order chi connectivity index (χ0) is 13.8. The molecule has 19 heavy (non-hydrogen) atoms. The van der Waals surface area contributed by atoms with Crippen LogP contribution in [0.1, 0.15) is 29.8 Å². The zero-order valence-corrected chi connectivity index (χ0v) is 11.8. The highest BCUT2D eigenvalue weighted by Crippen LogP contribution is 2.22. The molecule has 0 unspecified atom stereocenters. The molecule has 0 bridgehead atoms. The van der Waals surface area contributed by atoms with Crippen LogP contribution in [0.3, 0.4) is 0 Å². The van der Waals surface area contributed by atoms with Crippen LogP contribution in [-0.4, -0.2) is 16.4 Å². The van der Waals surface area contributed by atoms with Gasteiger partial charge in [0.05, 0.1) is 6.61 Å². The number of benzene rings is 1. The van der Waals surface area contributed by atoms with Crippen LogP contribution in [0.5, 0.6) is 5.75 Å². The van der Waals surface area contributed by atoms with Crippen molar-refractivity contribution in [1.82, 2.24) is 9.78 Å². The summed E-state index contributed by atoms with van der Waals surface area (Å²) in [7, 11) is 1.94. The van der Waals surface area contributed by atoms with E-state index in [1.165, 1.54) is 5.69 Å². The van der Waals surface area contributed by atoms with Crippen molar-refractivity contribution in [1.29, 1.82) is 0 Å². The van der Waals surface area contributed by atoms with Crippen LogP contribution in [0.15, 0.2) is 30.5 Å². The van der Waals surface area contributed by atoms with Crippen LogP contribution >= 0.6 is 0 Å². The number of ether oxygens (including phenoxy) is 1. The first-order valence-electron chi connectivity index (χ1n) is 6.53. The molecular formula is C15H21N3O. The second kappa shape index (κ2) is 5.89. The fourth-order valence-corrected chi connectivity index (χ4v) is 2.03. The van der Waals surface area contributed by atoms with Crippen LogP contribution in [0, 0.1) is 6.92 Å². The van der Waals surface area contributed by atoms with Gasteiger partial charge in [0.15, 0.2) is 0 Å². The maximum absolute atomic E-state index is 5.86. The monoisotopic (exact) mass is 259 g/mol. The van der Waals surface area contributed by atoms with Gasteiger partial charge in [-0.05, 0) is 37.1 Å². The molecule has 2 N–H and O–H groups in total. The Kier molecular flexibility index (Phi) is 4.22. The van der Waals surface area contributed by atoms with Crippen LogP contribution in [0.2, 0.25) is 0 Å². The highest BCUT2D eigenvalue weighted by molar-refractivity contribution is 5.37. The average Bonchev–Trinajstić information content (AvgIpc) is 2.77. The number of hydrogen-bond donors (Lipinski definition) is 1. The molecule has 1 heterocycles. The lowest BCUT2D eigenvalue weighted by Crippen LogP contribution is -2.08. The number of rotatable bonds is 5. The summed E-state index contributed by atoms with van der Waals surface area (Å²) >= 11 is 0. The van der Waals surface area contributed by atoms with Gasteiger partial charge in [0.25, 0.3) is 0 Å². The molecule has 1 aromatic carbocycles. The van der Waals surface area contributed by atoms with Gasteiger partial charge in [0, 0.05) is 31.4 Å². The van der Waals surface area contributed by atoms with E-state index < -0.39 is 0 Å². The summed E-state index contributed by atoms with van der Waals surface area (Å²) < 4.78 is 7.69. The molecule has 0 radical (unpaired) electrons. The first kappa shape index (κ1) is 13.6. The number of aryl methyl sites for hydroxylation is 2. The maximum atomic E-state index is 5.86. The molecule has 0 aliphatic carbocycles. The van der Waals surface area contributed by atoms with Crippen molar-refractivity contribution in [3.05, 3.63) is 47.3 Å². The van der Waals surface area contributed by atoms with Crippen molar-refractivity contribution in [3.8, 4) is 5.75 Å². The van der Waals surface area contributed by atoms with Gasteiger partial charge >= 0.3 is 0 Å². The molecule has 4 nitrogen and oxygen atoms in total. The first-order valence-corrected chi connectivity index (χ1v) is 6.53. The zero-order valence-electron chi connectivity index (χ0n) is 11.8. The second-order valence-electron chi connectivity index (χ2n) is 4.86. The minimum Gasteiger partial charge on any atom is -0.493 e. The lowest BCUT2D eigenvalue weighted by molar-refractivity contribution is 0.316. The van der Waals surface area contributed by atoms with Crippen LogP contribution in [-0.2, 0) is 13.5 Å². The van der Waals surface area contributed by atoms with E-state index in [0.717, 1.165) is 23.3 Å². The van der Waals surface area contributed by atoms with Crippen LogP contribution in [0.4, 0.5) is 0 Å². The highest BCUT2D eigenvalue weighted by atomic mass is 16.5. The molecule has 0 amide bonds. The Morgan fingerprint density at radius 2 is 2.16 bits per heavy atom. The third-order valence-corrected chi connectivity index (χ3v) is 3.26. The van der Waals surface area contributed by atoms with E-state index in [9.17, 15) is 0 Å². The van der Waals surface area contributed by atoms with E-state index >= 15 is 0 Å². The van der Waals surface area contributed by atoms with Crippen LogP contribution in [0.25, 0.3) is 0 Å². The lowest BCUT2D eigenvalue weighted by Gasteiger charge is -2.12.